The molecule has 116 valence electrons. The highest BCUT2D eigenvalue weighted by Gasteiger charge is 2.26. The van der Waals surface area contributed by atoms with Gasteiger partial charge in [-0.3, -0.25) is 9.59 Å². The standard InChI is InChI=1S/C15H28N2O3/c1-12(19)16-9-4-2-3-8-15(20)17-10-13-6-5-7-14(13)11-18/h13-14,18H,2-11H2,1H3,(H,16,19)(H,17,20). The van der Waals surface area contributed by atoms with Crippen LogP contribution in [0.1, 0.15) is 51.9 Å². The van der Waals surface area contributed by atoms with Crippen LogP contribution >= 0.6 is 0 Å². The lowest BCUT2D eigenvalue weighted by Crippen LogP contribution is -2.31. The van der Waals surface area contributed by atoms with Crippen molar-refractivity contribution in [3.05, 3.63) is 0 Å². The van der Waals surface area contributed by atoms with Gasteiger partial charge < -0.3 is 15.7 Å². The van der Waals surface area contributed by atoms with Gasteiger partial charge in [0, 0.05) is 33.0 Å². The van der Waals surface area contributed by atoms with Crippen molar-refractivity contribution in [3.8, 4) is 0 Å². The van der Waals surface area contributed by atoms with Crippen LogP contribution in [0.5, 0.6) is 0 Å². The molecular formula is C15H28N2O3. The summed E-state index contributed by atoms with van der Waals surface area (Å²) in [5.74, 6) is 0.919. The van der Waals surface area contributed by atoms with E-state index in [1.54, 1.807) is 0 Å². The molecule has 2 amide bonds. The summed E-state index contributed by atoms with van der Waals surface area (Å²) in [5, 5.41) is 14.9. The van der Waals surface area contributed by atoms with Crippen LogP contribution in [0.2, 0.25) is 0 Å². The van der Waals surface area contributed by atoms with E-state index in [1.165, 1.54) is 6.92 Å². The van der Waals surface area contributed by atoms with Gasteiger partial charge in [-0.05, 0) is 37.5 Å². The van der Waals surface area contributed by atoms with E-state index in [1.807, 2.05) is 0 Å². The minimum absolute atomic E-state index is 0.00209. The number of amides is 2. The summed E-state index contributed by atoms with van der Waals surface area (Å²) in [6.45, 7) is 3.15. The Morgan fingerprint density at radius 3 is 2.55 bits per heavy atom. The molecule has 0 spiro atoms. The second kappa shape index (κ2) is 9.75. The number of nitrogens with one attached hydrogen (secondary N) is 2. The van der Waals surface area contributed by atoms with E-state index in [0.29, 0.717) is 31.3 Å². The van der Waals surface area contributed by atoms with Crippen LogP contribution < -0.4 is 10.6 Å². The van der Waals surface area contributed by atoms with E-state index >= 15 is 0 Å². The van der Waals surface area contributed by atoms with Gasteiger partial charge in [-0.15, -0.1) is 0 Å². The molecule has 20 heavy (non-hydrogen) atoms. The van der Waals surface area contributed by atoms with E-state index in [0.717, 1.165) is 38.5 Å². The lowest BCUT2D eigenvalue weighted by Gasteiger charge is -2.17. The fourth-order valence-electron chi connectivity index (χ4n) is 2.81. The maximum Gasteiger partial charge on any atom is 0.220 e. The number of carbonyl (C=O) groups is 2. The summed E-state index contributed by atoms with van der Waals surface area (Å²) in [5.41, 5.74) is 0. The third-order valence-corrected chi connectivity index (χ3v) is 4.07. The van der Waals surface area contributed by atoms with Crippen LogP contribution in [0.4, 0.5) is 0 Å². The third kappa shape index (κ3) is 6.89. The second-order valence-corrected chi connectivity index (χ2v) is 5.73. The van der Waals surface area contributed by atoms with Crippen molar-refractivity contribution in [2.24, 2.45) is 11.8 Å². The van der Waals surface area contributed by atoms with E-state index in [2.05, 4.69) is 10.6 Å². The van der Waals surface area contributed by atoms with E-state index < -0.39 is 0 Å². The number of rotatable bonds is 9. The van der Waals surface area contributed by atoms with Gasteiger partial charge >= 0.3 is 0 Å². The normalized spacial score (nSPS) is 21.7. The summed E-state index contributed by atoms with van der Waals surface area (Å²) in [4.78, 5) is 22.3. The highest BCUT2D eigenvalue weighted by molar-refractivity contribution is 5.75. The molecule has 1 rings (SSSR count). The Bertz CT molecular complexity index is 307. The van der Waals surface area contributed by atoms with Crippen molar-refractivity contribution in [1.82, 2.24) is 10.6 Å². The molecule has 0 aromatic rings. The van der Waals surface area contributed by atoms with Crippen LogP contribution in [-0.2, 0) is 9.59 Å². The summed E-state index contributed by atoms with van der Waals surface area (Å²) in [7, 11) is 0. The molecule has 0 aliphatic heterocycles. The molecule has 2 atom stereocenters. The van der Waals surface area contributed by atoms with Crippen molar-refractivity contribution in [2.45, 2.75) is 51.9 Å². The first kappa shape index (κ1) is 17.0. The summed E-state index contributed by atoms with van der Waals surface area (Å²) in [6, 6.07) is 0. The van der Waals surface area contributed by atoms with Crippen LogP contribution in [0.15, 0.2) is 0 Å². The molecule has 1 saturated carbocycles. The smallest absolute Gasteiger partial charge is 0.220 e. The predicted octanol–water partition coefficient (Wildman–Crippen LogP) is 1.21. The molecule has 1 fully saturated rings. The SMILES string of the molecule is CC(=O)NCCCCCC(=O)NCC1CCCC1CO. The van der Waals surface area contributed by atoms with Crippen molar-refractivity contribution in [1.29, 1.82) is 0 Å². The molecule has 1 aliphatic carbocycles. The Kier molecular flexibility index (Phi) is 8.26. The molecule has 3 N–H and O–H groups in total. The van der Waals surface area contributed by atoms with Crippen molar-refractivity contribution in [2.75, 3.05) is 19.7 Å². The van der Waals surface area contributed by atoms with Gasteiger partial charge in [0.2, 0.25) is 11.8 Å². The first-order valence-corrected chi connectivity index (χ1v) is 7.75. The lowest BCUT2D eigenvalue weighted by molar-refractivity contribution is -0.121. The molecule has 5 nitrogen and oxygen atoms in total. The largest absolute Gasteiger partial charge is 0.396 e. The van der Waals surface area contributed by atoms with E-state index in [9.17, 15) is 14.7 Å². The zero-order chi connectivity index (χ0) is 14.8. The first-order valence-electron chi connectivity index (χ1n) is 7.75. The molecule has 0 aromatic carbocycles. The maximum absolute atomic E-state index is 11.7. The van der Waals surface area contributed by atoms with Crippen LogP contribution in [0.25, 0.3) is 0 Å². The molecule has 1 aliphatic rings. The van der Waals surface area contributed by atoms with Crippen LogP contribution in [0, 0.1) is 11.8 Å². The van der Waals surface area contributed by atoms with Crippen molar-refractivity contribution in [3.63, 3.8) is 0 Å². The predicted molar refractivity (Wildman–Crippen MR) is 78.1 cm³/mol. The number of unbranched alkanes of at least 4 members (excludes halogenated alkanes) is 2. The van der Waals surface area contributed by atoms with Gasteiger partial charge in [0.05, 0.1) is 0 Å². The number of carbonyl (C=O) groups excluding carboxylic acids is 2. The lowest BCUT2D eigenvalue weighted by atomic mass is 9.97. The highest BCUT2D eigenvalue weighted by atomic mass is 16.3. The van der Waals surface area contributed by atoms with Gasteiger partial charge in [0.15, 0.2) is 0 Å². The molecular weight excluding hydrogens is 256 g/mol. The number of aliphatic hydroxyl groups is 1. The maximum atomic E-state index is 11.7. The molecule has 0 saturated heterocycles. The monoisotopic (exact) mass is 284 g/mol. The van der Waals surface area contributed by atoms with Gasteiger partial charge in [-0.25, -0.2) is 0 Å². The molecule has 0 bridgehead atoms. The van der Waals surface area contributed by atoms with Crippen LogP contribution in [0.3, 0.4) is 0 Å². The molecule has 5 heteroatoms. The summed E-state index contributed by atoms with van der Waals surface area (Å²) in [6.07, 6.45) is 6.64. The average Bonchev–Trinajstić information content (AvgIpc) is 2.87. The number of hydrogen-bond donors (Lipinski definition) is 3. The Morgan fingerprint density at radius 2 is 1.85 bits per heavy atom. The van der Waals surface area contributed by atoms with Crippen molar-refractivity contribution < 1.29 is 14.7 Å². The Morgan fingerprint density at radius 1 is 1.10 bits per heavy atom. The highest BCUT2D eigenvalue weighted by Crippen LogP contribution is 2.30. The zero-order valence-electron chi connectivity index (χ0n) is 12.5. The van der Waals surface area contributed by atoms with Crippen molar-refractivity contribution >= 4 is 11.8 Å². The second-order valence-electron chi connectivity index (χ2n) is 5.73. The van der Waals surface area contributed by atoms with E-state index in [-0.39, 0.29) is 18.4 Å². The molecule has 0 heterocycles. The zero-order valence-corrected chi connectivity index (χ0v) is 12.5. The Labute approximate surface area is 121 Å². The minimum Gasteiger partial charge on any atom is -0.396 e. The van der Waals surface area contributed by atoms with Gasteiger partial charge in [-0.2, -0.15) is 0 Å². The Balaban J connectivity index is 1.99. The average molecular weight is 284 g/mol. The van der Waals surface area contributed by atoms with Gasteiger partial charge in [0.1, 0.15) is 0 Å². The quantitative estimate of drug-likeness (QED) is 0.557. The molecule has 0 radical (unpaired) electrons. The topological polar surface area (TPSA) is 78.4 Å². The fourth-order valence-corrected chi connectivity index (χ4v) is 2.81. The molecule has 2 unspecified atom stereocenters. The Hall–Kier alpha value is -1.10. The van der Waals surface area contributed by atoms with Crippen LogP contribution in [-0.4, -0.2) is 36.6 Å². The minimum atomic E-state index is -0.00209. The number of aliphatic hydroxyl groups excluding tert-OH is 1. The fraction of sp³-hybridized carbons (Fsp3) is 0.867. The molecule has 0 aromatic heterocycles. The van der Waals surface area contributed by atoms with Gasteiger partial charge in [-0.1, -0.05) is 12.8 Å². The first-order chi connectivity index (χ1) is 9.63. The van der Waals surface area contributed by atoms with Gasteiger partial charge in [0.25, 0.3) is 0 Å². The summed E-state index contributed by atoms with van der Waals surface area (Å²) < 4.78 is 0. The van der Waals surface area contributed by atoms with E-state index in [4.69, 9.17) is 0 Å². The summed E-state index contributed by atoms with van der Waals surface area (Å²) >= 11 is 0. The number of hydrogen-bond acceptors (Lipinski definition) is 3. The third-order valence-electron chi connectivity index (χ3n) is 4.07.